The highest BCUT2D eigenvalue weighted by atomic mass is 16.8. The molecule has 140 valence electrons. The molecule has 0 saturated heterocycles. The van der Waals surface area contributed by atoms with E-state index in [0.29, 0.717) is 12.0 Å². The first-order valence-corrected chi connectivity index (χ1v) is 8.25. The van der Waals surface area contributed by atoms with Gasteiger partial charge < -0.3 is 20.1 Å². The van der Waals surface area contributed by atoms with Crippen molar-refractivity contribution in [2.24, 2.45) is 0 Å². The fourth-order valence-corrected chi connectivity index (χ4v) is 2.73. The second kappa shape index (κ2) is 7.18. The molecule has 27 heavy (non-hydrogen) atoms. The molecule has 3 rings (SSSR count). The number of ether oxygens (including phenoxy) is 1. The Kier molecular flexibility index (Phi) is 4.93. The monoisotopic (exact) mass is 369 g/mol. The van der Waals surface area contributed by atoms with E-state index in [2.05, 4.69) is 10.1 Å². The van der Waals surface area contributed by atoms with Gasteiger partial charge in [0.25, 0.3) is 0 Å². The maximum absolute atomic E-state index is 11.2. The van der Waals surface area contributed by atoms with Crippen LogP contribution in [0.5, 0.6) is 11.5 Å². The van der Waals surface area contributed by atoms with Crippen LogP contribution in [0.2, 0.25) is 0 Å². The number of nitrogens with zero attached hydrogens (tertiary/aromatic N) is 3. The summed E-state index contributed by atoms with van der Waals surface area (Å²) in [6.45, 7) is 3.87. The zero-order valence-electron chi connectivity index (χ0n) is 14.8. The lowest BCUT2D eigenvalue weighted by Gasteiger charge is -2.25. The van der Waals surface area contributed by atoms with Gasteiger partial charge in [0.15, 0.2) is 6.29 Å². The minimum atomic E-state index is -2.80. The third-order valence-electron chi connectivity index (χ3n) is 3.97. The van der Waals surface area contributed by atoms with E-state index in [9.17, 15) is 20.1 Å². The number of carbonyl (C=O) groups excluding carboxylic acids is 1. The molecule has 0 aliphatic heterocycles. The summed E-state index contributed by atoms with van der Waals surface area (Å²) < 4.78 is 6.97. The summed E-state index contributed by atoms with van der Waals surface area (Å²) in [6.07, 6.45) is 3.47. The SMILES string of the molecule is CC(C)n1nccc1-c1ncccc1C(O)(O)Oc1cccc(O)c1C=O. The molecule has 0 bridgehead atoms. The first kappa shape index (κ1) is 18.6. The summed E-state index contributed by atoms with van der Waals surface area (Å²) in [7, 11) is 0. The average molecular weight is 369 g/mol. The molecule has 8 nitrogen and oxygen atoms in total. The van der Waals surface area contributed by atoms with Crippen molar-refractivity contribution >= 4 is 6.29 Å². The van der Waals surface area contributed by atoms with Crippen molar-refractivity contribution in [3.63, 3.8) is 0 Å². The standard InChI is InChI=1S/C19H19N3O5/c1-12(2)22-15(8-10-21-22)18-14(5-4-9-20-18)19(25,26)27-17-7-3-6-16(24)13(17)11-23/h3-12,24-26H,1-2H3. The summed E-state index contributed by atoms with van der Waals surface area (Å²) in [5, 5.41) is 35.2. The fraction of sp³-hybridized carbons (Fsp3) is 0.211. The van der Waals surface area contributed by atoms with E-state index in [1.54, 1.807) is 16.9 Å². The van der Waals surface area contributed by atoms with E-state index >= 15 is 0 Å². The summed E-state index contributed by atoms with van der Waals surface area (Å²) >= 11 is 0. The van der Waals surface area contributed by atoms with Crippen LogP contribution < -0.4 is 4.74 Å². The molecule has 0 unspecified atom stereocenters. The third kappa shape index (κ3) is 3.53. The number of phenols is 1. The number of phenolic OH excluding ortho intramolecular Hbond substituents is 1. The van der Waals surface area contributed by atoms with Crippen LogP contribution >= 0.6 is 0 Å². The Morgan fingerprint density at radius 1 is 1.15 bits per heavy atom. The molecule has 0 atom stereocenters. The molecule has 0 radical (unpaired) electrons. The number of aldehydes is 1. The van der Waals surface area contributed by atoms with Gasteiger partial charge in [-0.2, -0.15) is 5.10 Å². The maximum atomic E-state index is 11.2. The molecular weight excluding hydrogens is 350 g/mol. The van der Waals surface area contributed by atoms with Crippen molar-refractivity contribution in [2.45, 2.75) is 25.9 Å². The van der Waals surface area contributed by atoms with Crippen molar-refractivity contribution in [1.29, 1.82) is 0 Å². The van der Waals surface area contributed by atoms with Gasteiger partial charge in [-0.1, -0.05) is 6.07 Å². The van der Waals surface area contributed by atoms with Crippen LogP contribution in [0.4, 0.5) is 0 Å². The van der Waals surface area contributed by atoms with Crippen LogP contribution in [-0.4, -0.2) is 36.4 Å². The van der Waals surface area contributed by atoms with Crippen LogP contribution in [0.25, 0.3) is 11.4 Å². The zero-order chi connectivity index (χ0) is 19.6. The summed E-state index contributed by atoms with van der Waals surface area (Å²) in [4.78, 5) is 15.5. The fourth-order valence-electron chi connectivity index (χ4n) is 2.73. The van der Waals surface area contributed by atoms with E-state index in [-0.39, 0.29) is 34.4 Å². The van der Waals surface area contributed by atoms with Crippen LogP contribution in [0.1, 0.15) is 35.8 Å². The Morgan fingerprint density at radius 2 is 1.93 bits per heavy atom. The molecule has 0 spiro atoms. The van der Waals surface area contributed by atoms with Gasteiger partial charge in [-0.3, -0.25) is 14.5 Å². The molecule has 8 heteroatoms. The number of aromatic nitrogens is 3. The number of hydrogen-bond donors (Lipinski definition) is 3. The van der Waals surface area contributed by atoms with Gasteiger partial charge in [0, 0.05) is 18.4 Å². The molecule has 0 aliphatic carbocycles. The largest absolute Gasteiger partial charge is 0.507 e. The highest BCUT2D eigenvalue weighted by molar-refractivity contribution is 5.83. The molecule has 2 heterocycles. The Bertz CT molecular complexity index is 965. The van der Waals surface area contributed by atoms with Gasteiger partial charge in [0.1, 0.15) is 17.2 Å². The van der Waals surface area contributed by atoms with E-state index in [4.69, 9.17) is 4.74 Å². The maximum Gasteiger partial charge on any atom is 0.353 e. The minimum Gasteiger partial charge on any atom is -0.507 e. The van der Waals surface area contributed by atoms with Gasteiger partial charge >= 0.3 is 5.97 Å². The van der Waals surface area contributed by atoms with Crippen LogP contribution in [-0.2, 0) is 5.97 Å². The van der Waals surface area contributed by atoms with Gasteiger partial charge in [0.2, 0.25) is 0 Å². The predicted octanol–water partition coefficient (Wildman–Crippen LogP) is 2.22. The lowest BCUT2D eigenvalue weighted by molar-refractivity contribution is -0.303. The average Bonchev–Trinajstić information content (AvgIpc) is 3.11. The topological polar surface area (TPSA) is 118 Å². The van der Waals surface area contributed by atoms with Crippen molar-refractivity contribution in [1.82, 2.24) is 14.8 Å². The number of carbonyl (C=O) groups is 1. The Balaban J connectivity index is 2.08. The molecule has 0 saturated carbocycles. The molecule has 3 aromatic rings. The second-order valence-corrected chi connectivity index (χ2v) is 6.17. The van der Waals surface area contributed by atoms with E-state index in [1.807, 2.05) is 13.8 Å². The smallest absolute Gasteiger partial charge is 0.353 e. The Labute approximate surface area is 155 Å². The molecule has 3 N–H and O–H groups in total. The van der Waals surface area contributed by atoms with Crippen LogP contribution in [0, 0.1) is 0 Å². The zero-order valence-corrected chi connectivity index (χ0v) is 14.8. The highest BCUT2D eigenvalue weighted by Crippen LogP contribution is 2.34. The van der Waals surface area contributed by atoms with E-state index in [0.717, 1.165) is 0 Å². The quantitative estimate of drug-likeness (QED) is 0.450. The summed E-state index contributed by atoms with van der Waals surface area (Å²) in [5.74, 6) is -3.31. The highest BCUT2D eigenvalue weighted by Gasteiger charge is 2.34. The number of pyridine rings is 1. The normalized spacial score (nSPS) is 11.6. The minimum absolute atomic E-state index is 0.0188. The molecule has 0 amide bonds. The molecule has 0 fully saturated rings. The number of rotatable bonds is 6. The van der Waals surface area contributed by atoms with Gasteiger partial charge in [-0.25, -0.2) is 0 Å². The van der Waals surface area contributed by atoms with Crippen molar-refractivity contribution in [3.05, 3.63) is 59.9 Å². The van der Waals surface area contributed by atoms with Gasteiger partial charge in [0.05, 0.1) is 16.8 Å². The van der Waals surface area contributed by atoms with Crippen LogP contribution in [0.15, 0.2) is 48.8 Å². The van der Waals surface area contributed by atoms with Gasteiger partial charge in [-0.05, 0) is 44.2 Å². The van der Waals surface area contributed by atoms with Crippen molar-refractivity contribution in [2.75, 3.05) is 0 Å². The Hall–Kier alpha value is -3.23. The predicted molar refractivity (Wildman–Crippen MR) is 96.1 cm³/mol. The molecular formula is C19H19N3O5. The van der Waals surface area contributed by atoms with Crippen molar-refractivity contribution in [3.8, 4) is 22.9 Å². The van der Waals surface area contributed by atoms with E-state index < -0.39 is 5.97 Å². The molecule has 1 aromatic carbocycles. The molecule has 0 aliphatic rings. The number of aromatic hydroxyl groups is 1. The number of benzene rings is 1. The summed E-state index contributed by atoms with van der Waals surface area (Å²) in [5.41, 5.74) is 0.611. The first-order chi connectivity index (χ1) is 12.8. The first-order valence-electron chi connectivity index (χ1n) is 8.25. The van der Waals surface area contributed by atoms with Crippen LogP contribution in [0.3, 0.4) is 0 Å². The lowest BCUT2D eigenvalue weighted by atomic mass is 10.1. The lowest BCUT2D eigenvalue weighted by Crippen LogP contribution is -2.33. The number of aliphatic hydroxyl groups is 2. The van der Waals surface area contributed by atoms with Crippen molar-refractivity contribution < 1.29 is 24.9 Å². The van der Waals surface area contributed by atoms with E-state index in [1.165, 1.54) is 36.5 Å². The second-order valence-electron chi connectivity index (χ2n) is 6.17. The third-order valence-corrected chi connectivity index (χ3v) is 3.97. The number of hydrogen-bond acceptors (Lipinski definition) is 7. The van der Waals surface area contributed by atoms with Gasteiger partial charge in [-0.15, -0.1) is 0 Å². The summed E-state index contributed by atoms with van der Waals surface area (Å²) in [6, 6.07) is 8.76. The molecule has 2 aromatic heterocycles. The Morgan fingerprint density at radius 3 is 2.63 bits per heavy atom.